The number of esters is 1. The van der Waals surface area contributed by atoms with Crippen LogP contribution in [0.2, 0.25) is 0 Å². The number of hydrogen-bond donors (Lipinski definition) is 5. The number of aliphatic hydroxyl groups excluding tert-OH is 2. The Balaban J connectivity index is 0.000000457. The summed E-state index contributed by atoms with van der Waals surface area (Å²) < 4.78 is 4.71. The molecule has 0 aromatic heterocycles. The zero-order valence-corrected chi connectivity index (χ0v) is 20.9. The smallest absolute Gasteiger partial charge is 0.328 e. The minimum atomic E-state index is -0.799. The van der Waals surface area contributed by atoms with Gasteiger partial charge in [-0.1, -0.05) is 44.6 Å². The molecule has 1 aromatic rings. The van der Waals surface area contributed by atoms with Crippen LogP contribution in [0.1, 0.15) is 64.7 Å². The van der Waals surface area contributed by atoms with Crippen molar-refractivity contribution in [1.29, 1.82) is 0 Å². The maximum absolute atomic E-state index is 12.5. The normalized spacial score (nSPS) is 17.6. The molecule has 1 unspecified atom stereocenters. The molecule has 2 atom stereocenters. The van der Waals surface area contributed by atoms with Gasteiger partial charge in [0.15, 0.2) is 0 Å². The van der Waals surface area contributed by atoms with Crippen molar-refractivity contribution in [2.45, 2.75) is 76.8 Å². The maximum atomic E-state index is 12.5. The number of methoxy groups -OCH3 is 1. The lowest BCUT2D eigenvalue weighted by Gasteiger charge is -2.26. The van der Waals surface area contributed by atoms with Gasteiger partial charge in [0.25, 0.3) is 0 Å². The van der Waals surface area contributed by atoms with Crippen molar-refractivity contribution >= 4 is 23.6 Å². The van der Waals surface area contributed by atoms with E-state index in [0.29, 0.717) is 31.5 Å². The molecule has 0 radical (unpaired) electrons. The predicted molar refractivity (Wildman–Crippen MR) is 133 cm³/mol. The van der Waals surface area contributed by atoms with Crippen LogP contribution < -0.4 is 10.6 Å². The highest BCUT2D eigenvalue weighted by Gasteiger charge is 2.36. The highest BCUT2D eigenvalue weighted by atomic mass is 16.5. The molecule has 2 aliphatic rings. The third-order valence-electron chi connectivity index (χ3n) is 5.65. The summed E-state index contributed by atoms with van der Waals surface area (Å²) in [6, 6.07) is 4.10. The fraction of sp³-hybridized carbons (Fsp3) is 0.640. The van der Waals surface area contributed by atoms with Crippen LogP contribution in [0.25, 0.3) is 0 Å². The predicted octanol–water partition coefficient (Wildman–Crippen LogP) is 2.77. The van der Waals surface area contributed by atoms with Gasteiger partial charge in [0, 0.05) is 31.5 Å². The van der Waals surface area contributed by atoms with E-state index in [1.54, 1.807) is 19.1 Å². The molecule has 1 heterocycles. The number of phenols is 1. The summed E-state index contributed by atoms with van der Waals surface area (Å²) in [5.74, 6) is -0.763. The number of likely N-dealkylation sites (tertiary alicyclic amines) is 1. The first kappa shape index (κ1) is 30.2. The van der Waals surface area contributed by atoms with Crippen LogP contribution in [0.4, 0.5) is 10.5 Å². The number of nitrogens with zero attached hydrogens (tertiary/aromatic N) is 1. The highest BCUT2D eigenvalue weighted by Crippen LogP contribution is 2.20. The first-order valence-corrected chi connectivity index (χ1v) is 12.3. The summed E-state index contributed by atoms with van der Waals surface area (Å²) in [4.78, 5) is 37.6. The molecule has 5 N–H and O–H groups in total. The summed E-state index contributed by atoms with van der Waals surface area (Å²) in [6.07, 6.45) is 10.8. The zero-order chi connectivity index (χ0) is 26.1. The molecule has 0 bridgehead atoms. The van der Waals surface area contributed by atoms with Gasteiger partial charge < -0.3 is 35.6 Å². The number of hydrogen-bond acceptors (Lipinski definition) is 7. The first-order chi connectivity index (χ1) is 16.8. The van der Waals surface area contributed by atoms with Crippen molar-refractivity contribution in [2.75, 3.05) is 32.2 Å². The number of amides is 3. The topological polar surface area (TPSA) is 148 Å². The van der Waals surface area contributed by atoms with E-state index in [1.165, 1.54) is 62.7 Å². The lowest BCUT2D eigenvalue weighted by molar-refractivity contribution is -0.151. The average Bonchev–Trinajstić information content (AvgIpc) is 3.35. The Hall–Kier alpha value is -2.85. The fourth-order valence-corrected chi connectivity index (χ4v) is 3.80. The second-order valence-corrected chi connectivity index (χ2v) is 8.51. The third-order valence-corrected chi connectivity index (χ3v) is 5.65. The summed E-state index contributed by atoms with van der Waals surface area (Å²) in [6.45, 7) is 2.20. The van der Waals surface area contributed by atoms with Crippen molar-refractivity contribution in [2.24, 2.45) is 0 Å². The summed E-state index contributed by atoms with van der Waals surface area (Å²) in [7, 11) is 1.29. The number of nitrogens with one attached hydrogen (secondary N) is 2. The van der Waals surface area contributed by atoms with Crippen molar-refractivity contribution in [1.82, 2.24) is 10.2 Å². The van der Waals surface area contributed by atoms with Gasteiger partial charge in [-0.05, 0) is 38.3 Å². The molecule has 198 valence electrons. The Morgan fingerprint density at radius 3 is 2.14 bits per heavy atom. The molecule has 1 aliphatic carbocycles. The van der Waals surface area contributed by atoms with Crippen LogP contribution in [0, 0.1) is 0 Å². The van der Waals surface area contributed by atoms with Crippen LogP contribution in [0.15, 0.2) is 24.3 Å². The van der Waals surface area contributed by atoms with E-state index >= 15 is 0 Å². The molecule has 1 aliphatic heterocycles. The lowest BCUT2D eigenvalue weighted by Crippen LogP contribution is -2.51. The molecular weight excluding hydrogens is 454 g/mol. The summed E-state index contributed by atoms with van der Waals surface area (Å²) >= 11 is 0. The van der Waals surface area contributed by atoms with Gasteiger partial charge in [-0.3, -0.25) is 4.79 Å². The molecule has 3 rings (SSSR count). The van der Waals surface area contributed by atoms with Gasteiger partial charge >= 0.3 is 12.0 Å². The monoisotopic (exact) mass is 495 g/mol. The van der Waals surface area contributed by atoms with E-state index in [1.807, 2.05) is 0 Å². The number of rotatable bonds is 6. The third kappa shape index (κ3) is 11.9. The minimum Gasteiger partial charge on any atom is -0.508 e. The number of phenolic OH excluding ortho intramolecular Hbond substituents is 1. The second kappa shape index (κ2) is 17.6. The summed E-state index contributed by atoms with van der Waals surface area (Å²) in [5.41, 5.74) is 0.403. The number of ether oxygens (including phenoxy) is 1. The molecule has 2 fully saturated rings. The van der Waals surface area contributed by atoms with Crippen LogP contribution in [-0.4, -0.2) is 77.1 Å². The number of benzene rings is 1. The fourth-order valence-electron chi connectivity index (χ4n) is 3.80. The van der Waals surface area contributed by atoms with Crippen LogP contribution >= 0.6 is 0 Å². The SMILES string of the molecule is C1CCCCC1.COC(=O)C1CCCN1C(=O)[C@H](C)NC(=O)Nc1cccc(O)c1.OCCCO. The highest BCUT2D eigenvalue weighted by molar-refractivity contribution is 5.95. The number of aromatic hydroxyl groups is 1. The van der Waals surface area contributed by atoms with Gasteiger partial charge in [-0.15, -0.1) is 0 Å². The maximum Gasteiger partial charge on any atom is 0.328 e. The van der Waals surface area contributed by atoms with E-state index in [0.717, 1.165) is 0 Å². The molecule has 3 amide bonds. The van der Waals surface area contributed by atoms with E-state index in [2.05, 4.69) is 10.6 Å². The number of anilines is 1. The van der Waals surface area contributed by atoms with E-state index in [-0.39, 0.29) is 24.9 Å². The number of carbonyl (C=O) groups excluding carboxylic acids is 3. The largest absolute Gasteiger partial charge is 0.508 e. The van der Waals surface area contributed by atoms with Crippen LogP contribution in [-0.2, 0) is 14.3 Å². The number of carbonyl (C=O) groups is 3. The Morgan fingerprint density at radius 2 is 1.66 bits per heavy atom. The van der Waals surface area contributed by atoms with Gasteiger partial charge in [0.1, 0.15) is 17.8 Å². The Bertz CT molecular complexity index is 758. The second-order valence-electron chi connectivity index (χ2n) is 8.51. The summed E-state index contributed by atoms with van der Waals surface area (Å²) in [5, 5.41) is 30.2. The lowest BCUT2D eigenvalue weighted by atomic mass is 10.0. The van der Waals surface area contributed by atoms with Crippen molar-refractivity contribution < 1.29 is 34.4 Å². The molecule has 0 spiro atoms. The number of aliphatic hydroxyl groups is 2. The Labute approximate surface area is 207 Å². The minimum absolute atomic E-state index is 0.0231. The van der Waals surface area contributed by atoms with Gasteiger partial charge in [0.05, 0.1) is 7.11 Å². The Kier molecular flexibility index (Phi) is 15.1. The van der Waals surface area contributed by atoms with Gasteiger partial charge in [-0.25, -0.2) is 9.59 Å². The Morgan fingerprint density at radius 1 is 1.06 bits per heavy atom. The van der Waals surface area contributed by atoms with E-state index < -0.39 is 24.1 Å². The number of urea groups is 1. The van der Waals surface area contributed by atoms with Crippen molar-refractivity contribution in [3.63, 3.8) is 0 Å². The molecule has 1 aromatic carbocycles. The molecule has 10 heteroatoms. The van der Waals surface area contributed by atoms with Gasteiger partial charge in [0.2, 0.25) is 5.91 Å². The van der Waals surface area contributed by atoms with Crippen molar-refractivity contribution in [3.8, 4) is 5.75 Å². The molecule has 35 heavy (non-hydrogen) atoms. The quantitative estimate of drug-likeness (QED) is 0.381. The van der Waals surface area contributed by atoms with Crippen LogP contribution in [0.5, 0.6) is 5.75 Å². The van der Waals surface area contributed by atoms with Crippen molar-refractivity contribution in [3.05, 3.63) is 24.3 Å². The molecular formula is C25H41N3O7. The first-order valence-electron chi connectivity index (χ1n) is 12.3. The van der Waals surface area contributed by atoms with Crippen LogP contribution in [0.3, 0.4) is 0 Å². The van der Waals surface area contributed by atoms with E-state index in [9.17, 15) is 19.5 Å². The van der Waals surface area contributed by atoms with E-state index in [4.69, 9.17) is 14.9 Å². The molecule has 10 nitrogen and oxygen atoms in total. The zero-order valence-electron chi connectivity index (χ0n) is 20.9. The van der Waals surface area contributed by atoms with Gasteiger partial charge in [-0.2, -0.15) is 0 Å². The average molecular weight is 496 g/mol. The standard InChI is InChI=1S/C16H21N3O5.C6H12.C3H8O2/c1-10(14(21)19-8-4-7-13(19)15(22)24-2)17-16(23)18-11-5-3-6-12(20)9-11;1-2-4-6-5-3-1;4-2-1-3-5/h3,5-6,9-10,13,20H,4,7-8H2,1-2H3,(H2,17,18,23);1-6H2;4-5H,1-3H2/t10-,13?;;/m0../s1. The molecule has 1 saturated heterocycles. The molecule has 1 saturated carbocycles.